The Morgan fingerprint density at radius 2 is 1.86 bits per heavy atom. The highest BCUT2D eigenvalue weighted by Crippen LogP contribution is 2.16. The van der Waals surface area contributed by atoms with Crippen LogP contribution in [0.25, 0.3) is 0 Å². The highest BCUT2D eigenvalue weighted by Gasteiger charge is 2.18. The van der Waals surface area contributed by atoms with Gasteiger partial charge in [0.05, 0.1) is 5.56 Å². The first-order valence-corrected chi connectivity index (χ1v) is 7.22. The number of rotatable bonds is 6. The Hall–Kier alpha value is -2.04. The molecule has 2 amide bonds. The smallest absolute Gasteiger partial charge is 0.254 e. The maximum absolute atomic E-state index is 12.3. The van der Waals surface area contributed by atoms with Crippen LogP contribution in [0.1, 0.15) is 36.7 Å². The van der Waals surface area contributed by atoms with E-state index in [1.807, 2.05) is 32.9 Å². The Bertz CT molecular complexity index is 512. The monoisotopic (exact) mass is 291 g/mol. The minimum atomic E-state index is -0.568. The van der Waals surface area contributed by atoms with Gasteiger partial charge in [-0.05, 0) is 31.9 Å². The van der Waals surface area contributed by atoms with Crippen LogP contribution in [-0.4, -0.2) is 31.4 Å². The van der Waals surface area contributed by atoms with Crippen molar-refractivity contribution in [1.82, 2.24) is 10.6 Å². The molecular weight excluding hydrogens is 266 g/mol. The van der Waals surface area contributed by atoms with E-state index in [4.69, 9.17) is 0 Å². The number of aryl methyl sites for hydroxylation is 1. The molecule has 1 unspecified atom stereocenters. The molecule has 0 radical (unpaired) electrons. The Morgan fingerprint density at radius 1 is 1.19 bits per heavy atom. The van der Waals surface area contributed by atoms with Crippen molar-refractivity contribution in [3.63, 3.8) is 0 Å². The summed E-state index contributed by atoms with van der Waals surface area (Å²) >= 11 is 0. The molecule has 0 fully saturated rings. The van der Waals surface area contributed by atoms with E-state index in [-0.39, 0.29) is 11.8 Å². The van der Waals surface area contributed by atoms with Crippen LogP contribution in [-0.2, 0) is 4.79 Å². The fraction of sp³-hybridized carbons (Fsp3) is 0.500. The number of hydrogen-bond donors (Lipinski definition) is 3. The molecule has 0 spiro atoms. The molecule has 0 aromatic heterocycles. The number of amides is 2. The van der Waals surface area contributed by atoms with Crippen molar-refractivity contribution in [1.29, 1.82) is 0 Å². The van der Waals surface area contributed by atoms with Crippen molar-refractivity contribution >= 4 is 17.5 Å². The molecule has 5 heteroatoms. The van der Waals surface area contributed by atoms with Gasteiger partial charge < -0.3 is 16.0 Å². The van der Waals surface area contributed by atoms with Crippen LogP contribution in [0.5, 0.6) is 0 Å². The Kier molecular flexibility index (Phi) is 6.21. The second-order valence-electron chi connectivity index (χ2n) is 5.63. The SMILES string of the molecule is CNc1ccc(C)cc1C(=O)NC(C)C(=O)NCC(C)C. The van der Waals surface area contributed by atoms with Gasteiger partial charge in [-0.15, -0.1) is 0 Å². The number of carbonyl (C=O) groups excluding carboxylic acids is 2. The molecule has 1 aromatic rings. The predicted octanol–water partition coefficient (Wildman–Crippen LogP) is 1.93. The molecule has 1 atom stereocenters. The van der Waals surface area contributed by atoms with Crippen molar-refractivity contribution in [2.24, 2.45) is 5.92 Å². The molecule has 116 valence electrons. The normalized spacial score (nSPS) is 11.9. The van der Waals surface area contributed by atoms with Gasteiger partial charge in [0.25, 0.3) is 5.91 Å². The maximum atomic E-state index is 12.3. The molecule has 0 saturated carbocycles. The van der Waals surface area contributed by atoms with Gasteiger partial charge in [0.2, 0.25) is 5.91 Å². The number of nitrogens with one attached hydrogen (secondary N) is 3. The Labute approximate surface area is 126 Å². The minimum absolute atomic E-state index is 0.171. The minimum Gasteiger partial charge on any atom is -0.387 e. The van der Waals surface area contributed by atoms with Gasteiger partial charge in [-0.2, -0.15) is 0 Å². The highest BCUT2D eigenvalue weighted by molar-refractivity contribution is 6.01. The summed E-state index contributed by atoms with van der Waals surface area (Å²) in [5.41, 5.74) is 2.28. The lowest BCUT2D eigenvalue weighted by molar-refractivity contribution is -0.122. The lowest BCUT2D eigenvalue weighted by atomic mass is 10.1. The second-order valence-corrected chi connectivity index (χ2v) is 5.63. The largest absolute Gasteiger partial charge is 0.387 e. The zero-order valence-electron chi connectivity index (χ0n) is 13.4. The number of hydrogen-bond acceptors (Lipinski definition) is 3. The van der Waals surface area contributed by atoms with Crippen LogP contribution in [0.4, 0.5) is 5.69 Å². The Balaban J connectivity index is 2.72. The number of benzene rings is 1. The quantitative estimate of drug-likeness (QED) is 0.750. The summed E-state index contributed by atoms with van der Waals surface area (Å²) in [6.07, 6.45) is 0. The van der Waals surface area contributed by atoms with Crippen molar-refractivity contribution < 1.29 is 9.59 Å². The van der Waals surface area contributed by atoms with E-state index in [0.29, 0.717) is 18.0 Å². The van der Waals surface area contributed by atoms with Crippen molar-refractivity contribution in [2.75, 3.05) is 18.9 Å². The van der Waals surface area contributed by atoms with Crippen molar-refractivity contribution in [3.05, 3.63) is 29.3 Å². The average molecular weight is 291 g/mol. The molecule has 5 nitrogen and oxygen atoms in total. The summed E-state index contributed by atoms with van der Waals surface area (Å²) in [5, 5.41) is 8.52. The third-order valence-electron chi connectivity index (χ3n) is 3.11. The van der Waals surface area contributed by atoms with Crippen LogP contribution in [0.2, 0.25) is 0 Å². The average Bonchev–Trinajstić information content (AvgIpc) is 2.44. The molecule has 3 N–H and O–H groups in total. The van der Waals surface area contributed by atoms with Crippen LogP contribution in [0.3, 0.4) is 0 Å². The number of anilines is 1. The van der Waals surface area contributed by atoms with Crippen LogP contribution >= 0.6 is 0 Å². The maximum Gasteiger partial charge on any atom is 0.254 e. The van der Waals surface area contributed by atoms with E-state index in [1.165, 1.54) is 0 Å². The van der Waals surface area contributed by atoms with Gasteiger partial charge in [0.1, 0.15) is 6.04 Å². The molecule has 0 heterocycles. The van der Waals surface area contributed by atoms with Crippen molar-refractivity contribution in [2.45, 2.75) is 33.7 Å². The molecule has 0 bridgehead atoms. The Morgan fingerprint density at radius 3 is 2.43 bits per heavy atom. The van der Waals surface area contributed by atoms with Gasteiger partial charge in [-0.1, -0.05) is 25.5 Å². The zero-order valence-corrected chi connectivity index (χ0v) is 13.4. The first kappa shape index (κ1) is 17.0. The van der Waals surface area contributed by atoms with E-state index in [1.54, 1.807) is 20.0 Å². The van der Waals surface area contributed by atoms with Crippen LogP contribution in [0.15, 0.2) is 18.2 Å². The third-order valence-corrected chi connectivity index (χ3v) is 3.11. The molecule has 1 rings (SSSR count). The third kappa shape index (κ3) is 5.10. The molecular formula is C16H25N3O2. The van der Waals surface area contributed by atoms with E-state index in [2.05, 4.69) is 16.0 Å². The van der Waals surface area contributed by atoms with Gasteiger partial charge >= 0.3 is 0 Å². The van der Waals surface area contributed by atoms with Crippen LogP contribution < -0.4 is 16.0 Å². The summed E-state index contributed by atoms with van der Waals surface area (Å²) in [6.45, 7) is 8.26. The lowest BCUT2D eigenvalue weighted by Gasteiger charge is -2.16. The highest BCUT2D eigenvalue weighted by atomic mass is 16.2. The summed E-state index contributed by atoms with van der Waals surface area (Å²) in [5.74, 6) is -0.0459. The van der Waals surface area contributed by atoms with E-state index in [0.717, 1.165) is 11.3 Å². The topological polar surface area (TPSA) is 70.2 Å². The molecule has 0 aliphatic carbocycles. The van der Waals surface area contributed by atoms with Crippen LogP contribution in [0, 0.1) is 12.8 Å². The fourth-order valence-corrected chi connectivity index (χ4v) is 1.86. The van der Waals surface area contributed by atoms with Gasteiger partial charge in [-0.3, -0.25) is 9.59 Å². The molecule has 21 heavy (non-hydrogen) atoms. The first-order valence-electron chi connectivity index (χ1n) is 7.22. The molecule has 0 saturated heterocycles. The molecule has 0 aliphatic heterocycles. The first-order chi connectivity index (χ1) is 9.85. The van der Waals surface area contributed by atoms with E-state index >= 15 is 0 Å². The standard InChI is InChI=1S/C16H25N3O2/c1-10(2)9-18-15(20)12(4)19-16(21)13-8-11(3)6-7-14(13)17-5/h6-8,10,12,17H,9H2,1-5H3,(H,18,20)(H,19,21). The molecule has 0 aliphatic rings. The second kappa shape index (κ2) is 7.67. The summed E-state index contributed by atoms with van der Waals surface area (Å²) < 4.78 is 0. The van der Waals surface area contributed by atoms with E-state index in [9.17, 15) is 9.59 Å². The van der Waals surface area contributed by atoms with Gasteiger partial charge in [0, 0.05) is 19.3 Å². The van der Waals surface area contributed by atoms with Crippen molar-refractivity contribution in [3.8, 4) is 0 Å². The summed E-state index contributed by atoms with van der Waals surface area (Å²) in [4.78, 5) is 24.2. The predicted molar refractivity (Wildman–Crippen MR) is 85.5 cm³/mol. The zero-order chi connectivity index (χ0) is 16.0. The van der Waals surface area contributed by atoms with E-state index < -0.39 is 6.04 Å². The summed E-state index contributed by atoms with van der Waals surface area (Å²) in [6, 6.07) is 5.02. The molecule has 1 aromatic carbocycles. The number of carbonyl (C=O) groups is 2. The van der Waals surface area contributed by atoms with Gasteiger partial charge in [0.15, 0.2) is 0 Å². The van der Waals surface area contributed by atoms with Gasteiger partial charge in [-0.25, -0.2) is 0 Å². The summed E-state index contributed by atoms with van der Waals surface area (Å²) in [7, 11) is 1.76. The lowest BCUT2D eigenvalue weighted by Crippen LogP contribution is -2.45. The fourth-order valence-electron chi connectivity index (χ4n) is 1.86.